The maximum atomic E-state index is 12.9. The summed E-state index contributed by atoms with van der Waals surface area (Å²) in [5.74, 6) is 1.21. The van der Waals surface area contributed by atoms with Gasteiger partial charge in [0.2, 0.25) is 11.0 Å². The highest BCUT2D eigenvalue weighted by Crippen LogP contribution is 2.36. The lowest BCUT2D eigenvalue weighted by molar-refractivity contribution is -0.115. The molecule has 3 aromatic rings. The van der Waals surface area contributed by atoms with Crippen LogP contribution < -0.4 is 5.32 Å². The Kier molecular flexibility index (Phi) is 8.02. The number of benzene rings is 1. The number of anilines is 1. The molecule has 1 aromatic carbocycles. The second-order valence-corrected chi connectivity index (χ2v) is 11.4. The van der Waals surface area contributed by atoms with Crippen LogP contribution in [0.1, 0.15) is 55.0 Å². The van der Waals surface area contributed by atoms with Crippen LogP contribution in [-0.4, -0.2) is 32.1 Å². The van der Waals surface area contributed by atoms with E-state index in [2.05, 4.69) is 45.8 Å². The summed E-state index contributed by atoms with van der Waals surface area (Å²) in [6, 6.07) is 14.8. The van der Waals surface area contributed by atoms with Gasteiger partial charge in [0.15, 0.2) is 4.34 Å². The minimum absolute atomic E-state index is 0.140. The van der Waals surface area contributed by atoms with Gasteiger partial charge in [-0.05, 0) is 54.5 Å². The van der Waals surface area contributed by atoms with Crippen molar-refractivity contribution in [2.24, 2.45) is 0 Å². The van der Waals surface area contributed by atoms with Crippen molar-refractivity contribution in [2.45, 2.75) is 60.1 Å². The second kappa shape index (κ2) is 11.1. The number of amides is 1. The number of nitrogens with one attached hydrogen (secondary N) is 1. The van der Waals surface area contributed by atoms with Crippen LogP contribution in [0.4, 0.5) is 5.13 Å². The molecular weight excluding hydrogens is 470 g/mol. The van der Waals surface area contributed by atoms with Gasteiger partial charge in [0.05, 0.1) is 10.8 Å². The predicted octanol–water partition coefficient (Wildman–Crippen LogP) is 5.70. The van der Waals surface area contributed by atoms with Gasteiger partial charge in [0.1, 0.15) is 11.1 Å². The van der Waals surface area contributed by atoms with Gasteiger partial charge in [0.25, 0.3) is 0 Å². The molecule has 9 heteroatoms. The third-order valence-electron chi connectivity index (χ3n) is 5.57. The van der Waals surface area contributed by atoms with Gasteiger partial charge >= 0.3 is 0 Å². The van der Waals surface area contributed by atoms with Crippen molar-refractivity contribution in [2.75, 3.05) is 11.1 Å². The molecule has 2 atom stereocenters. The Morgan fingerprint density at radius 2 is 2.12 bits per heavy atom. The summed E-state index contributed by atoms with van der Waals surface area (Å²) in [7, 11) is 0. The molecule has 0 radical (unpaired) electrons. The predicted molar refractivity (Wildman–Crippen MR) is 135 cm³/mol. The number of rotatable bonds is 8. The van der Waals surface area contributed by atoms with E-state index in [0.717, 1.165) is 40.6 Å². The zero-order chi connectivity index (χ0) is 23.2. The molecule has 4 rings (SSSR count). The number of hydrogen-bond donors (Lipinski definition) is 1. The molecule has 33 heavy (non-hydrogen) atoms. The van der Waals surface area contributed by atoms with Crippen LogP contribution in [0, 0.1) is 11.3 Å². The largest absolute Gasteiger partial charge is 0.300 e. The molecule has 1 N–H and O–H groups in total. The van der Waals surface area contributed by atoms with Crippen LogP contribution in [0.5, 0.6) is 0 Å². The van der Waals surface area contributed by atoms with E-state index in [1.54, 1.807) is 11.8 Å². The van der Waals surface area contributed by atoms with E-state index < -0.39 is 0 Å². The maximum absolute atomic E-state index is 12.9. The standard InChI is InChI=1S/C24H25N5OS3/c1-3-20(21(30)27-23-28-29-24(33-23)31-4-2)32-22-18(14-25)13-17-12-16(10-11-19(17)26-22)15-8-6-5-7-9-15/h5-9,13,16,20H,3-4,10-12H2,1-2H3,(H,27,28,30). The number of aromatic nitrogens is 3. The highest BCUT2D eigenvalue weighted by Gasteiger charge is 2.26. The third-order valence-corrected chi connectivity index (χ3v) is 8.79. The number of nitrogens with zero attached hydrogens (tertiary/aromatic N) is 4. The fourth-order valence-electron chi connectivity index (χ4n) is 3.91. The molecule has 2 aromatic heterocycles. The number of aryl methyl sites for hydroxylation is 1. The molecule has 1 amide bonds. The van der Waals surface area contributed by atoms with Crippen molar-refractivity contribution >= 4 is 45.9 Å². The average Bonchev–Trinajstić information content (AvgIpc) is 3.29. The molecule has 2 unspecified atom stereocenters. The van der Waals surface area contributed by atoms with Gasteiger partial charge in [-0.2, -0.15) is 5.26 Å². The monoisotopic (exact) mass is 495 g/mol. The fraction of sp³-hybridized carbons (Fsp3) is 0.375. The highest BCUT2D eigenvalue weighted by molar-refractivity contribution is 8.01. The van der Waals surface area contributed by atoms with Crippen LogP contribution >= 0.6 is 34.9 Å². The molecule has 170 valence electrons. The van der Waals surface area contributed by atoms with Gasteiger partial charge in [-0.25, -0.2) is 4.98 Å². The number of thioether (sulfide) groups is 2. The molecular formula is C24H25N5OS3. The molecule has 0 aliphatic heterocycles. The SMILES string of the molecule is CCSc1nnc(NC(=O)C(CC)Sc2nc3c(cc2C#N)CC(c2ccccc2)CC3)s1. The van der Waals surface area contributed by atoms with Gasteiger partial charge in [0, 0.05) is 5.69 Å². The van der Waals surface area contributed by atoms with Crippen LogP contribution in [0.15, 0.2) is 45.8 Å². The summed E-state index contributed by atoms with van der Waals surface area (Å²) in [4.78, 5) is 17.7. The van der Waals surface area contributed by atoms with Crippen LogP contribution in [-0.2, 0) is 17.6 Å². The van der Waals surface area contributed by atoms with E-state index in [9.17, 15) is 10.1 Å². The van der Waals surface area contributed by atoms with E-state index in [0.29, 0.717) is 28.1 Å². The number of pyridine rings is 1. The Hall–Kier alpha value is -2.41. The van der Waals surface area contributed by atoms with E-state index in [1.807, 2.05) is 26.0 Å². The molecule has 0 spiro atoms. The molecule has 2 heterocycles. The van der Waals surface area contributed by atoms with Crippen LogP contribution in [0.25, 0.3) is 0 Å². The average molecular weight is 496 g/mol. The number of carbonyl (C=O) groups excluding carboxylic acids is 1. The van der Waals surface area contributed by atoms with Crippen molar-refractivity contribution < 1.29 is 4.79 Å². The van der Waals surface area contributed by atoms with Gasteiger partial charge in [-0.3, -0.25) is 10.1 Å². The number of fused-ring (bicyclic) bond motifs is 1. The van der Waals surface area contributed by atoms with Crippen molar-refractivity contribution in [1.29, 1.82) is 5.26 Å². The molecule has 1 aliphatic carbocycles. The van der Waals surface area contributed by atoms with Crippen molar-refractivity contribution in [3.63, 3.8) is 0 Å². The first-order valence-corrected chi connectivity index (χ1v) is 13.7. The zero-order valence-electron chi connectivity index (χ0n) is 18.6. The lowest BCUT2D eigenvalue weighted by atomic mass is 9.82. The highest BCUT2D eigenvalue weighted by atomic mass is 32.2. The van der Waals surface area contributed by atoms with E-state index in [-0.39, 0.29) is 11.2 Å². The Morgan fingerprint density at radius 3 is 2.85 bits per heavy atom. The van der Waals surface area contributed by atoms with Gasteiger partial charge in [-0.15, -0.1) is 10.2 Å². The van der Waals surface area contributed by atoms with E-state index >= 15 is 0 Å². The first kappa shape index (κ1) is 23.7. The first-order chi connectivity index (χ1) is 16.1. The number of hydrogen-bond acceptors (Lipinski definition) is 8. The molecule has 0 bridgehead atoms. The van der Waals surface area contributed by atoms with E-state index in [4.69, 9.17) is 4.98 Å². The molecule has 0 saturated carbocycles. The van der Waals surface area contributed by atoms with Crippen molar-refractivity contribution in [1.82, 2.24) is 15.2 Å². The number of nitriles is 1. The molecule has 0 fully saturated rings. The summed E-state index contributed by atoms with van der Waals surface area (Å²) in [6.07, 6.45) is 3.41. The zero-order valence-corrected chi connectivity index (χ0v) is 21.0. The van der Waals surface area contributed by atoms with Crippen LogP contribution in [0.3, 0.4) is 0 Å². The van der Waals surface area contributed by atoms with E-state index in [1.165, 1.54) is 28.7 Å². The minimum atomic E-state index is -0.366. The van der Waals surface area contributed by atoms with Gasteiger partial charge in [-0.1, -0.05) is 79.0 Å². The van der Waals surface area contributed by atoms with Crippen LogP contribution in [0.2, 0.25) is 0 Å². The van der Waals surface area contributed by atoms with Crippen molar-refractivity contribution in [3.05, 3.63) is 58.8 Å². The summed E-state index contributed by atoms with van der Waals surface area (Å²) < 4.78 is 0.838. The fourth-order valence-corrected chi connectivity index (χ4v) is 6.56. The number of carbonyl (C=O) groups is 1. The molecule has 1 aliphatic rings. The Bertz CT molecular complexity index is 1160. The Balaban J connectivity index is 1.49. The normalized spacial score (nSPS) is 16.0. The lowest BCUT2D eigenvalue weighted by Gasteiger charge is -2.25. The van der Waals surface area contributed by atoms with Crippen molar-refractivity contribution in [3.8, 4) is 6.07 Å². The summed E-state index contributed by atoms with van der Waals surface area (Å²) >= 11 is 4.33. The minimum Gasteiger partial charge on any atom is -0.300 e. The lowest BCUT2D eigenvalue weighted by Crippen LogP contribution is -2.25. The summed E-state index contributed by atoms with van der Waals surface area (Å²) in [6.45, 7) is 4.01. The van der Waals surface area contributed by atoms with Gasteiger partial charge < -0.3 is 0 Å². The topological polar surface area (TPSA) is 91.6 Å². The molecule has 0 saturated heterocycles. The quantitative estimate of drug-likeness (QED) is 0.317. The molecule has 6 nitrogen and oxygen atoms in total. The first-order valence-electron chi connectivity index (χ1n) is 11.0. The Labute approximate surface area is 206 Å². The summed E-state index contributed by atoms with van der Waals surface area (Å²) in [5.41, 5.74) is 4.06. The Morgan fingerprint density at radius 1 is 1.30 bits per heavy atom. The summed E-state index contributed by atoms with van der Waals surface area (Å²) in [5, 5.41) is 21.6. The smallest absolute Gasteiger partial charge is 0.239 e. The second-order valence-electron chi connectivity index (χ2n) is 7.72. The maximum Gasteiger partial charge on any atom is 0.239 e. The third kappa shape index (κ3) is 5.75.